The van der Waals surface area contributed by atoms with Crippen LogP contribution < -0.4 is 10.6 Å². The predicted octanol–water partition coefficient (Wildman–Crippen LogP) is 5.37. The van der Waals surface area contributed by atoms with Crippen LogP contribution >= 0.6 is 0 Å². The topological polar surface area (TPSA) is 73.6 Å². The number of hydrogen-bond donors (Lipinski definition) is 2. The minimum Gasteiger partial charge on any atom is -0.366 e. The normalized spacial score (nSPS) is 10.2. The SMILES string of the molecule is N#Cc1ccc(Nc2cc(NCc3ccccc3)nc(-c3ccccc3)n2)cc1. The van der Waals surface area contributed by atoms with Crippen molar-refractivity contribution in [2.75, 3.05) is 10.6 Å². The molecule has 0 bridgehead atoms. The van der Waals surface area contributed by atoms with Crippen LogP contribution in [0.25, 0.3) is 11.4 Å². The average Bonchev–Trinajstić information content (AvgIpc) is 2.79. The Bertz CT molecular complexity index is 1120. The van der Waals surface area contributed by atoms with E-state index in [1.54, 1.807) is 12.1 Å². The molecule has 0 radical (unpaired) electrons. The zero-order chi connectivity index (χ0) is 19.9. The summed E-state index contributed by atoms with van der Waals surface area (Å²) in [6, 6.07) is 31.3. The van der Waals surface area contributed by atoms with E-state index in [1.807, 2.05) is 66.7 Å². The summed E-state index contributed by atoms with van der Waals surface area (Å²) in [7, 11) is 0. The smallest absolute Gasteiger partial charge is 0.163 e. The van der Waals surface area contributed by atoms with E-state index in [1.165, 1.54) is 5.56 Å². The van der Waals surface area contributed by atoms with Gasteiger partial charge in [0.15, 0.2) is 5.82 Å². The van der Waals surface area contributed by atoms with Crippen LogP contribution in [0.1, 0.15) is 11.1 Å². The van der Waals surface area contributed by atoms with Gasteiger partial charge in [0, 0.05) is 23.9 Å². The average molecular weight is 377 g/mol. The lowest BCUT2D eigenvalue weighted by Gasteiger charge is -2.12. The molecule has 4 aromatic rings. The van der Waals surface area contributed by atoms with E-state index in [2.05, 4.69) is 38.8 Å². The van der Waals surface area contributed by atoms with E-state index in [9.17, 15) is 0 Å². The van der Waals surface area contributed by atoms with Gasteiger partial charge in [-0.15, -0.1) is 0 Å². The standard InChI is InChI=1S/C24H19N5/c25-16-18-11-13-21(14-12-18)27-23-15-22(26-17-19-7-3-1-4-8-19)28-24(29-23)20-9-5-2-6-10-20/h1-15H,17H2,(H2,26,27,28,29). The highest BCUT2D eigenvalue weighted by atomic mass is 15.1. The van der Waals surface area contributed by atoms with Crippen LogP contribution in [0.3, 0.4) is 0 Å². The van der Waals surface area contributed by atoms with Gasteiger partial charge in [0.2, 0.25) is 0 Å². The summed E-state index contributed by atoms with van der Waals surface area (Å²) >= 11 is 0. The molecule has 29 heavy (non-hydrogen) atoms. The van der Waals surface area contributed by atoms with Gasteiger partial charge in [-0.2, -0.15) is 5.26 Å². The first-order valence-corrected chi connectivity index (χ1v) is 9.30. The van der Waals surface area contributed by atoms with Gasteiger partial charge in [-0.25, -0.2) is 9.97 Å². The van der Waals surface area contributed by atoms with Gasteiger partial charge < -0.3 is 10.6 Å². The molecule has 0 saturated carbocycles. The number of benzene rings is 3. The lowest BCUT2D eigenvalue weighted by atomic mass is 10.2. The second-order valence-corrected chi connectivity index (χ2v) is 6.48. The van der Waals surface area contributed by atoms with Crippen molar-refractivity contribution < 1.29 is 0 Å². The minimum atomic E-state index is 0.619. The summed E-state index contributed by atoms with van der Waals surface area (Å²) in [5.41, 5.74) is 3.59. The van der Waals surface area contributed by atoms with Gasteiger partial charge >= 0.3 is 0 Å². The summed E-state index contributed by atoms with van der Waals surface area (Å²) in [5.74, 6) is 2.05. The third-order valence-electron chi connectivity index (χ3n) is 4.36. The van der Waals surface area contributed by atoms with Crippen molar-refractivity contribution >= 4 is 17.3 Å². The monoisotopic (exact) mass is 377 g/mol. The third kappa shape index (κ3) is 4.76. The first-order valence-electron chi connectivity index (χ1n) is 9.30. The Balaban J connectivity index is 1.63. The van der Waals surface area contributed by atoms with E-state index in [0.717, 1.165) is 17.1 Å². The van der Waals surface area contributed by atoms with Crippen molar-refractivity contribution in [2.24, 2.45) is 0 Å². The largest absolute Gasteiger partial charge is 0.366 e. The maximum atomic E-state index is 8.97. The third-order valence-corrected chi connectivity index (χ3v) is 4.36. The molecule has 5 heteroatoms. The molecule has 2 N–H and O–H groups in total. The molecular weight excluding hydrogens is 358 g/mol. The Hall–Kier alpha value is -4.17. The molecule has 0 amide bonds. The van der Waals surface area contributed by atoms with Crippen LogP contribution in [0.5, 0.6) is 0 Å². The summed E-state index contributed by atoms with van der Waals surface area (Å²) in [5, 5.41) is 15.7. The summed E-state index contributed by atoms with van der Waals surface area (Å²) in [4.78, 5) is 9.35. The van der Waals surface area contributed by atoms with E-state index in [-0.39, 0.29) is 0 Å². The highest BCUT2D eigenvalue weighted by molar-refractivity contribution is 5.65. The maximum absolute atomic E-state index is 8.97. The van der Waals surface area contributed by atoms with Crippen LogP contribution in [0.2, 0.25) is 0 Å². The summed E-state index contributed by atoms with van der Waals surface area (Å²) < 4.78 is 0. The zero-order valence-electron chi connectivity index (χ0n) is 15.7. The van der Waals surface area contributed by atoms with Crippen molar-refractivity contribution in [3.63, 3.8) is 0 Å². The number of hydrogen-bond acceptors (Lipinski definition) is 5. The Kier molecular flexibility index (Phi) is 5.45. The van der Waals surface area contributed by atoms with Crippen molar-refractivity contribution in [3.05, 3.63) is 102 Å². The van der Waals surface area contributed by atoms with E-state index >= 15 is 0 Å². The summed E-state index contributed by atoms with van der Waals surface area (Å²) in [6.45, 7) is 0.669. The molecule has 0 aliphatic carbocycles. The molecule has 140 valence electrons. The van der Waals surface area contributed by atoms with E-state index in [0.29, 0.717) is 23.8 Å². The Morgan fingerprint density at radius 3 is 2.10 bits per heavy atom. The number of nitrogens with zero attached hydrogens (tertiary/aromatic N) is 3. The fraction of sp³-hybridized carbons (Fsp3) is 0.0417. The van der Waals surface area contributed by atoms with E-state index < -0.39 is 0 Å². The van der Waals surface area contributed by atoms with Gasteiger partial charge in [-0.05, 0) is 29.8 Å². The van der Waals surface area contributed by atoms with Gasteiger partial charge in [-0.3, -0.25) is 0 Å². The second kappa shape index (κ2) is 8.68. The lowest BCUT2D eigenvalue weighted by molar-refractivity contribution is 1.09. The molecule has 0 atom stereocenters. The first kappa shape index (κ1) is 18.2. The summed E-state index contributed by atoms with van der Waals surface area (Å²) in [6.07, 6.45) is 0. The number of aromatic nitrogens is 2. The fourth-order valence-electron chi connectivity index (χ4n) is 2.88. The fourth-order valence-corrected chi connectivity index (χ4v) is 2.88. The first-order chi connectivity index (χ1) is 14.3. The van der Waals surface area contributed by atoms with Crippen LogP contribution in [0.15, 0.2) is 91.0 Å². The number of rotatable bonds is 6. The van der Waals surface area contributed by atoms with Crippen LogP contribution in [0, 0.1) is 11.3 Å². The highest BCUT2D eigenvalue weighted by Crippen LogP contribution is 2.23. The molecule has 0 saturated heterocycles. The van der Waals surface area contributed by atoms with Crippen molar-refractivity contribution in [2.45, 2.75) is 6.54 Å². The molecule has 1 heterocycles. The van der Waals surface area contributed by atoms with E-state index in [4.69, 9.17) is 5.26 Å². The predicted molar refractivity (Wildman–Crippen MR) is 116 cm³/mol. The maximum Gasteiger partial charge on any atom is 0.163 e. The Morgan fingerprint density at radius 2 is 1.41 bits per heavy atom. The van der Waals surface area contributed by atoms with Crippen molar-refractivity contribution in [1.29, 1.82) is 5.26 Å². The molecule has 5 nitrogen and oxygen atoms in total. The van der Waals surface area contributed by atoms with Gasteiger partial charge in [0.05, 0.1) is 11.6 Å². The van der Waals surface area contributed by atoms with Gasteiger partial charge in [-0.1, -0.05) is 60.7 Å². The van der Waals surface area contributed by atoms with Crippen LogP contribution in [-0.2, 0) is 6.54 Å². The van der Waals surface area contributed by atoms with Crippen LogP contribution in [0.4, 0.5) is 17.3 Å². The van der Waals surface area contributed by atoms with Crippen LogP contribution in [-0.4, -0.2) is 9.97 Å². The molecule has 1 aromatic heterocycles. The number of nitrogens with one attached hydrogen (secondary N) is 2. The van der Waals surface area contributed by atoms with Gasteiger partial charge in [0.25, 0.3) is 0 Å². The molecule has 4 rings (SSSR count). The van der Waals surface area contributed by atoms with Crippen molar-refractivity contribution in [1.82, 2.24) is 9.97 Å². The molecule has 0 fully saturated rings. The van der Waals surface area contributed by atoms with Gasteiger partial charge in [0.1, 0.15) is 11.6 Å². The lowest BCUT2D eigenvalue weighted by Crippen LogP contribution is -2.05. The highest BCUT2D eigenvalue weighted by Gasteiger charge is 2.08. The zero-order valence-corrected chi connectivity index (χ0v) is 15.7. The Morgan fingerprint density at radius 1 is 0.759 bits per heavy atom. The molecular formula is C24H19N5. The minimum absolute atomic E-state index is 0.619. The quantitative estimate of drug-likeness (QED) is 0.472. The molecule has 3 aromatic carbocycles. The molecule has 0 aliphatic rings. The number of anilines is 3. The molecule has 0 unspecified atom stereocenters. The molecule has 0 aliphatic heterocycles. The number of nitriles is 1. The van der Waals surface area contributed by atoms with Crippen molar-refractivity contribution in [3.8, 4) is 17.5 Å². The Labute approximate surface area is 169 Å². The second-order valence-electron chi connectivity index (χ2n) is 6.48. The molecule has 0 spiro atoms.